The number of hydrogen-bond acceptors (Lipinski definition) is 6. The molecule has 0 aliphatic carbocycles. The first-order chi connectivity index (χ1) is 15.3. The number of nitrogens with one attached hydrogen (secondary N) is 2. The third-order valence-corrected chi connectivity index (χ3v) is 7.33. The Morgan fingerprint density at radius 2 is 1.84 bits per heavy atom. The molecule has 1 saturated heterocycles. The molecule has 1 aliphatic heterocycles. The van der Waals surface area contributed by atoms with Crippen LogP contribution in [-0.2, 0) is 14.6 Å². The molecule has 0 atom stereocenters. The predicted octanol–water partition coefficient (Wildman–Crippen LogP) is 3.50. The van der Waals surface area contributed by atoms with E-state index in [4.69, 9.17) is 0 Å². The minimum atomic E-state index is -3.29. The summed E-state index contributed by atoms with van der Waals surface area (Å²) in [5.74, 6) is 0.0651. The Balaban J connectivity index is 1.39. The maximum absolute atomic E-state index is 12.2. The summed E-state index contributed by atoms with van der Waals surface area (Å²) >= 11 is 1.33. The zero-order valence-corrected chi connectivity index (χ0v) is 19.3. The van der Waals surface area contributed by atoms with E-state index in [0.29, 0.717) is 5.13 Å². The molecule has 0 unspecified atom stereocenters. The van der Waals surface area contributed by atoms with Crippen molar-refractivity contribution >= 4 is 48.5 Å². The van der Waals surface area contributed by atoms with Crippen LogP contribution in [0.5, 0.6) is 0 Å². The van der Waals surface area contributed by atoms with Gasteiger partial charge < -0.3 is 10.2 Å². The van der Waals surface area contributed by atoms with E-state index >= 15 is 0 Å². The Hall–Kier alpha value is -2.98. The van der Waals surface area contributed by atoms with Crippen LogP contribution in [-0.4, -0.2) is 56.1 Å². The first kappa shape index (κ1) is 22.2. The van der Waals surface area contributed by atoms with E-state index in [1.54, 1.807) is 18.2 Å². The van der Waals surface area contributed by atoms with Crippen LogP contribution in [0.2, 0.25) is 0 Å². The molecule has 32 heavy (non-hydrogen) atoms. The minimum Gasteiger partial charge on any atom is -0.343 e. The fourth-order valence-electron chi connectivity index (χ4n) is 3.61. The summed E-state index contributed by atoms with van der Waals surface area (Å²) in [4.78, 5) is 30.7. The van der Waals surface area contributed by atoms with Gasteiger partial charge in [-0.05, 0) is 48.2 Å². The summed E-state index contributed by atoms with van der Waals surface area (Å²) in [6.45, 7) is 1.88. The van der Waals surface area contributed by atoms with Gasteiger partial charge in [0.1, 0.15) is 0 Å². The van der Waals surface area contributed by atoms with Crippen LogP contribution in [0.15, 0.2) is 47.4 Å². The zero-order chi connectivity index (χ0) is 22.7. The van der Waals surface area contributed by atoms with Gasteiger partial charge in [0, 0.05) is 32.3 Å². The van der Waals surface area contributed by atoms with Crippen molar-refractivity contribution in [2.45, 2.75) is 24.2 Å². The number of rotatable bonds is 6. The molecule has 2 N–H and O–H groups in total. The lowest BCUT2D eigenvalue weighted by molar-refractivity contribution is -0.129. The molecule has 1 aliphatic rings. The van der Waals surface area contributed by atoms with Crippen LogP contribution in [0, 0.1) is 0 Å². The van der Waals surface area contributed by atoms with Crippen molar-refractivity contribution in [2.24, 2.45) is 0 Å². The van der Waals surface area contributed by atoms with Crippen LogP contribution in [0.4, 0.5) is 9.93 Å². The number of amides is 3. The molecule has 4 rings (SSSR count). The molecule has 2 aromatic carbocycles. The van der Waals surface area contributed by atoms with Gasteiger partial charge in [-0.15, -0.1) is 0 Å². The van der Waals surface area contributed by atoms with Gasteiger partial charge in [0.15, 0.2) is 15.0 Å². The second-order valence-corrected chi connectivity index (χ2v) is 10.8. The molecule has 1 fully saturated rings. The third kappa shape index (κ3) is 5.25. The Bertz CT molecular complexity index is 1260. The van der Waals surface area contributed by atoms with Gasteiger partial charge in [-0.3, -0.25) is 10.1 Å². The molecule has 168 valence electrons. The summed E-state index contributed by atoms with van der Waals surface area (Å²) in [6, 6.07) is 12.0. The Morgan fingerprint density at radius 3 is 2.59 bits per heavy atom. The van der Waals surface area contributed by atoms with Crippen molar-refractivity contribution < 1.29 is 18.0 Å². The molecular formula is C22H24N4O4S2. The molecule has 10 heteroatoms. The van der Waals surface area contributed by atoms with E-state index in [2.05, 4.69) is 15.6 Å². The van der Waals surface area contributed by atoms with Crippen LogP contribution in [0.3, 0.4) is 0 Å². The van der Waals surface area contributed by atoms with Gasteiger partial charge in [-0.1, -0.05) is 29.5 Å². The largest absolute Gasteiger partial charge is 0.343 e. The molecule has 2 heterocycles. The number of anilines is 1. The lowest BCUT2D eigenvalue weighted by atomic mass is 10.1. The molecule has 0 saturated carbocycles. The summed E-state index contributed by atoms with van der Waals surface area (Å²) in [5.41, 5.74) is 2.39. The fourth-order valence-corrected chi connectivity index (χ4v) is 5.18. The first-order valence-corrected chi connectivity index (χ1v) is 13.0. The van der Waals surface area contributed by atoms with Crippen molar-refractivity contribution in [3.63, 3.8) is 0 Å². The van der Waals surface area contributed by atoms with Crippen LogP contribution >= 0.6 is 11.3 Å². The Labute approximate surface area is 190 Å². The summed E-state index contributed by atoms with van der Waals surface area (Å²) in [5, 5.41) is 5.87. The second kappa shape index (κ2) is 9.25. The van der Waals surface area contributed by atoms with Gasteiger partial charge in [0.2, 0.25) is 5.91 Å². The predicted molar refractivity (Wildman–Crippen MR) is 126 cm³/mol. The molecule has 3 amide bonds. The number of fused-ring (bicyclic) bond motifs is 1. The van der Waals surface area contributed by atoms with Crippen LogP contribution < -0.4 is 10.6 Å². The number of sulfone groups is 1. The zero-order valence-electron chi connectivity index (χ0n) is 17.6. The second-order valence-electron chi connectivity index (χ2n) is 7.72. The van der Waals surface area contributed by atoms with Gasteiger partial charge in [0.25, 0.3) is 0 Å². The van der Waals surface area contributed by atoms with Crippen molar-refractivity contribution in [1.82, 2.24) is 15.2 Å². The van der Waals surface area contributed by atoms with Crippen molar-refractivity contribution in [3.8, 4) is 11.1 Å². The average molecular weight is 473 g/mol. The highest BCUT2D eigenvalue weighted by Gasteiger charge is 2.17. The summed E-state index contributed by atoms with van der Waals surface area (Å²) in [6.07, 6.45) is 3.55. The van der Waals surface area contributed by atoms with E-state index in [9.17, 15) is 18.0 Å². The van der Waals surface area contributed by atoms with E-state index in [1.165, 1.54) is 17.6 Å². The molecular weight excluding hydrogens is 448 g/mol. The molecule has 3 aromatic rings. The topological polar surface area (TPSA) is 108 Å². The maximum atomic E-state index is 12.2. The molecule has 0 spiro atoms. The number of thiazole rings is 1. The van der Waals surface area contributed by atoms with E-state index in [1.807, 2.05) is 29.2 Å². The van der Waals surface area contributed by atoms with Crippen LogP contribution in [0.25, 0.3) is 21.3 Å². The molecule has 0 bridgehead atoms. The fraction of sp³-hybridized carbons (Fsp3) is 0.318. The number of carbonyl (C=O) groups excluding carboxylic acids is 2. The normalized spacial score (nSPS) is 14.0. The molecule has 8 nitrogen and oxygen atoms in total. The standard InChI is InChI=1S/C22H24N4O4S2/c1-32(29,30)17-6-4-5-15(13-17)16-7-8-18-19(14-16)31-22(24-18)25-21(28)23-10-9-20(27)26-11-2-3-12-26/h4-8,13-14H,2-3,9-12H2,1H3,(H2,23,24,25,28). The van der Waals surface area contributed by atoms with Gasteiger partial charge in [-0.25, -0.2) is 18.2 Å². The number of urea groups is 1. The maximum Gasteiger partial charge on any atom is 0.321 e. The lowest BCUT2D eigenvalue weighted by Crippen LogP contribution is -2.34. The number of benzene rings is 2. The summed E-state index contributed by atoms with van der Waals surface area (Å²) < 4.78 is 24.5. The Morgan fingerprint density at radius 1 is 1.09 bits per heavy atom. The van der Waals surface area contributed by atoms with Crippen molar-refractivity contribution in [1.29, 1.82) is 0 Å². The number of aromatic nitrogens is 1. The monoisotopic (exact) mass is 472 g/mol. The molecule has 0 radical (unpaired) electrons. The van der Waals surface area contributed by atoms with E-state index in [-0.39, 0.29) is 23.8 Å². The van der Waals surface area contributed by atoms with E-state index < -0.39 is 15.9 Å². The van der Waals surface area contributed by atoms with Gasteiger partial charge in [-0.2, -0.15) is 0 Å². The SMILES string of the molecule is CS(=O)(=O)c1cccc(-c2ccc3nc(NC(=O)NCCC(=O)N4CCCC4)sc3c2)c1. The van der Waals surface area contributed by atoms with Gasteiger partial charge in [0.05, 0.1) is 15.1 Å². The third-order valence-electron chi connectivity index (χ3n) is 5.29. The highest BCUT2D eigenvalue weighted by molar-refractivity contribution is 7.90. The highest BCUT2D eigenvalue weighted by atomic mass is 32.2. The van der Waals surface area contributed by atoms with Crippen LogP contribution in [0.1, 0.15) is 19.3 Å². The number of likely N-dealkylation sites (tertiary alicyclic amines) is 1. The van der Waals surface area contributed by atoms with E-state index in [0.717, 1.165) is 47.3 Å². The number of carbonyl (C=O) groups is 2. The highest BCUT2D eigenvalue weighted by Crippen LogP contribution is 2.31. The van der Waals surface area contributed by atoms with Crippen molar-refractivity contribution in [2.75, 3.05) is 31.2 Å². The van der Waals surface area contributed by atoms with Crippen molar-refractivity contribution in [3.05, 3.63) is 42.5 Å². The quantitative estimate of drug-likeness (QED) is 0.571. The summed E-state index contributed by atoms with van der Waals surface area (Å²) in [7, 11) is -3.29. The Kier molecular flexibility index (Phi) is 6.43. The first-order valence-electron chi connectivity index (χ1n) is 10.3. The number of hydrogen-bond donors (Lipinski definition) is 2. The van der Waals surface area contributed by atoms with Gasteiger partial charge >= 0.3 is 6.03 Å². The average Bonchev–Trinajstić information content (AvgIpc) is 3.42. The minimum absolute atomic E-state index is 0.0651. The smallest absolute Gasteiger partial charge is 0.321 e. The lowest BCUT2D eigenvalue weighted by Gasteiger charge is -2.15. The number of nitrogens with zero attached hydrogens (tertiary/aromatic N) is 2. The molecule has 1 aromatic heterocycles.